The van der Waals surface area contributed by atoms with Crippen molar-refractivity contribution < 1.29 is 38.1 Å². The Morgan fingerprint density at radius 3 is 1.92 bits per heavy atom. The highest BCUT2D eigenvalue weighted by atomic mass is 32.2. The van der Waals surface area contributed by atoms with Gasteiger partial charge in [0.2, 0.25) is 5.91 Å². The van der Waals surface area contributed by atoms with Gasteiger partial charge in [0.25, 0.3) is 5.91 Å². The third kappa shape index (κ3) is 10.5. The van der Waals surface area contributed by atoms with Crippen LogP contribution in [-0.2, 0) is 28.5 Å². The highest BCUT2D eigenvalue weighted by Gasteiger charge is 2.42. The number of thioether (sulfide) groups is 1. The summed E-state index contributed by atoms with van der Waals surface area (Å²) in [5.41, 5.74) is 0.668. The molecule has 2 aliphatic heterocycles. The Balaban J connectivity index is 0.688. The number of rotatable bonds is 24. The Labute approximate surface area is 308 Å². The predicted octanol–water partition coefficient (Wildman–Crippen LogP) is 4.24. The van der Waals surface area contributed by atoms with Crippen LogP contribution in [0.4, 0.5) is 4.79 Å². The summed E-state index contributed by atoms with van der Waals surface area (Å²) in [5, 5.41) is 19.0. The predicted molar refractivity (Wildman–Crippen MR) is 204 cm³/mol. The molecule has 4 aromatic carbocycles. The quantitative estimate of drug-likeness (QED) is 0.0472. The van der Waals surface area contributed by atoms with E-state index in [4.69, 9.17) is 23.7 Å². The first-order chi connectivity index (χ1) is 25.6. The summed E-state index contributed by atoms with van der Waals surface area (Å²) in [4.78, 5) is 36.6. The fourth-order valence-corrected chi connectivity index (χ4v) is 8.42. The van der Waals surface area contributed by atoms with Gasteiger partial charge >= 0.3 is 6.03 Å². The molecule has 2 saturated heterocycles. The third-order valence-electron chi connectivity index (χ3n) is 9.44. The Hall–Kier alpha value is -3.72. The molecule has 3 atom stereocenters. The molecule has 2 heterocycles. The molecule has 280 valence electrons. The van der Waals surface area contributed by atoms with Gasteiger partial charge in [-0.2, -0.15) is 11.8 Å². The maximum absolute atomic E-state index is 13.0. The molecule has 4 amide bonds. The summed E-state index contributed by atoms with van der Waals surface area (Å²) in [7, 11) is 0. The van der Waals surface area contributed by atoms with E-state index in [-0.39, 0.29) is 29.9 Å². The van der Waals surface area contributed by atoms with E-state index >= 15 is 0 Å². The van der Waals surface area contributed by atoms with Gasteiger partial charge in [-0.15, -0.1) is 0 Å². The Morgan fingerprint density at radius 1 is 0.673 bits per heavy atom. The second kappa shape index (κ2) is 19.9. The topological polar surface area (TPSA) is 145 Å². The molecule has 0 unspecified atom stereocenters. The molecule has 52 heavy (non-hydrogen) atoms. The number of benzene rings is 4. The van der Waals surface area contributed by atoms with Crippen LogP contribution >= 0.6 is 11.8 Å². The second-order valence-electron chi connectivity index (χ2n) is 13.0. The van der Waals surface area contributed by atoms with Gasteiger partial charge in [-0.3, -0.25) is 9.59 Å². The van der Waals surface area contributed by atoms with Gasteiger partial charge in [0.15, 0.2) is 0 Å². The molecule has 0 aliphatic carbocycles. The molecular weight excluding hydrogens is 685 g/mol. The highest BCUT2D eigenvalue weighted by Crippen LogP contribution is 2.36. The lowest BCUT2D eigenvalue weighted by molar-refractivity contribution is -0.121. The number of nitrogens with one attached hydrogen (secondary N) is 4. The maximum atomic E-state index is 13.0. The van der Waals surface area contributed by atoms with Crippen LogP contribution in [0, 0.1) is 0 Å². The number of hydrogen-bond acceptors (Lipinski definition) is 9. The van der Waals surface area contributed by atoms with Crippen LogP contribution in [0.25, 0.3) is 32.3 Å². The summed E-state index contributed by atoms with van der Waals surface area (Å²) < 4.78 is 27.8. The number of carbonyl (C=O) groups excluding carboxylic acids is 3. The summed E-state index contributed by atoms with van der Waals surface area (Å²) in [6, 6.07) is 19.0. The van der Waals surface area contributed by atoms with Crippen LogP contribution in [0.15, 0.2) is 54.6 Å². The van der Waals surface area contributed by atoms with Gasteiger partial charge in [0.1, 0.15) is 0 Å². The molecule has 4 aromatic rings. The summed E-state index contributed by atoms with van der Waals surface area (Å²) in [6.45, 7) is 5.38. The van der Waals surface area contributed by atoms with Crippen LogP contribution in [0.3, 0.4) is 0 Å². The van der Waals surface area contributed by atoms with Gasteiger partial charge < -0.3 is 45.0 Å². The molecule has 4 N–H and O–H groups in total. The first-order valence-electron chi connectivity index (χ1n) is 18.4. The van der Waals surface area contributed by atoms with Crippen molar-refractivity contribution in [2.24, 2.45) is 0 Å². The molecule has 0 saturated carbocycles. The van der Waals surface area contributed by atoms with Crippen molar-refractivity contribution in [3.8, 4) is 0 Å². The van der Waals surface area contributed by atoms with Crippen LogP contribution in [0.5, 0.6) is 0 Å². The fraction of sp³-hybridized carbons (Fsp3) is 0.513. The van der Waals surface area contributed by atoms with Crippen molar-refractivity contribution in [1.82, 2.24) is 21.3 Å². The van der Waals surface area contributed by atoms with Crippen LogP contribution in [-0.4, -0.2) is 120 Å². The lowest BCUT2D eigenvalue weighted by atomic mass is 9.92. The Morgan fingerprint density at radius 2 is 1.25 bits per heavy atom. The van der Waals surface area contributed by atoms with Crippen molar-refractivity contribution >= 4 is 61.9 Å². The number of urea groups is 1. The van der Waals surface area contributed by atoms with E-state index < -0.39 is 0 Å². The molecule has 6 rings (SSSR count). The highest BCUT2D eigenvalue weighted by molar-refractivity contribution is 8.00. The molecule has 12 nitrogen and oxygen atoms in total. The van der Waals surface area contributed by atoms with E-state index in [0.717, 1.165) is 41.2 Å². The van der Waals surface area contributed by atoms with Gasteiger partial charge in [-0.25, -0.2) is 4.79 Å². The minimum atomic E-state index is -0.108. The minimum Gasteiger partial charge on any atom is -0.377 e. The van der Waals surface area contributed by atoms with Gasteiger partial charge in [0, 0.05) is 36.1 Å². The van der Waals surface area contributed by atoms with Crippen LogP contribution in [0.2, 0.25) is 0 Å². The number of fused-ring (bicyclic) bond motifs is 1. The first-order valence-corrected chi connectivity index (χ1v) is 19.4. The number of hydrogen-bond donors (Lipinski definition) is 4. The lowest BCUT2D eigenvalue weighted by Crippen LogP contribution is -2.36. The molecule has 2 aliphatic rings. The van der Waals surface area contributed by atoms with Crippen LogP contribution < -0.4 is 21.3 Å². The standard InChI is InChI=1S/C39H50N4O8S/c44-34(7-2-1-6-33-37-32(26-52-33)42-39(46)43-37)40-14-16-47-18-20-49-22-24-51-25-23-50-21-19-48-17-15-41-38(45)31-13-11-29-9-8-27-4-3-5-28-10-12-30(31)36(29)35(27)28/h3-5,8-13,32-33,37H,1-2,6-7,14-26H2,(H,40,44)(H,41,45)(H2,42,43,46)/t32-,33-,37-/m0/s1. The summed E-state index contributed by atoms with van der Waals surface area (Å²) >= 11 is 1.90. The zero-order valence-corrected chi connectivity index (χ0v) is 30.4. The van der Waals surface area contributed by atoms with E-state index in [2.05, 4.69) is 57.7 Å². The van der Waals surface area contributed by atoms with Crippen molar-refractivity contribution in [2.75, 3.05) is 84.9 Å². The molecule has 0 spiro atoms. The van der Waals surface area contributed by atoms with Crippen LogP contribution in [0.1, 0.15) is 36.0 Å². The Bertz CT molecular complexity index is 1740. The molecule has 0 radical (unpaired) electrons. The lowest BCUT2D eigenvalue weighted by Gasteiger charge is -2.16. The number of ether oxygens (including phenoxy) is 5. The van der Waals surface area contributed by atoms with Crippen molar-refractivity contribution in [2.45, 2.75) is 43.0 Å². The number of carbonyl (C=O) groups is 3. The van der Waals surface area contributed by atoms with Gasteiger partial charge in [-0.1, -0.05) is 55.0 Å². The fourth-order valence-electron chi connectivity index (χ4n) is 6.87. The molecule has 2 fully saturated rings. The van der Waals surface area contributed by atoms with E-state index in [1.807, 2.05) is 30.0 Å². The zero-order valence-electron chi connectivity index (χ0n) is 29.6. The van der Waals surface area contributed by atoms with E-state index in [1.165, 1.54) is 16.2 Å². The first kappa shape index (κ1) is 38.0. The maximum Gasteiger partial charge on any atom is 0.315 e. The Kier molecular flexibility index (Phi) is 14.6. The minimum absolute atomic E-state index is 0.0408. The van der Waals surface area contributed by atoms with Gasteiger partial charge in [-0.05, 0) is 51.2 Å². The van der Waals surface area contributed by atoms with E-state index in [0.29, 0.717) is 96.4 Å². The smallest absolute Gasteiger partial charge is 0.315 e. The third-order valence-corrected chi connectivity index (χ3v) is 11.0. The summed E-state index contributed by atoms with van der Waals surface area (Å²) in [5.74, 6) is 0.891. The van der Waals surface area contributed by atoms with E-state index in [1.54, 1.807) is 0 Å². The number of unbranched alkanes of at least 4 members (excludes halogenated alkanes) is 1. The zero-order chi connectivity index (χ0) is 36.0. The molecule has 0 aromatic heterocycles. The number of amides is 4. The van der Waals surface area contributed by atoms with Crippen molar-refractivity contribution in [3.63, 3.8) is 0 Å². The normalized spacial score (nSPS) is 18.2. The van der Waals surface area contributed by atoms with Crippen molar-refractivity contribution in [3.05, 3.63) is 60.2 Å². The molecular formula is C39H50N4O8S. The average molecular weight is 735 g/mol. The second-order valence-corrected chi connectivity index (χ2v) is 14.3. The van der Waals surface area contributed by atoms with E-state index in [9.17, 15) is 14.4 Å². The molecule has 13 heteroatoms. The largest absolute Gasteiger partial charge is 0.377 e. The summed E-state index contributed by atoms with van der Waals surface area (Å²) in [6.07, 6.45) is 3.33. The van der Waals surface area contributed by atoms with Gasteiger partial charge in [0.05, 0.1) is 78.2 Å². The average Bonchev–Trinajstić information content (AvgIpc) is 3.72. The molecule has 0 bridgehead atoms. The SMILES string of the molecule is O=C(CCCC[C@@H]1SC[C@@H]2NC(=O)N[C@@H]21)NCCOCCOCCOCCOCCOCCNC(=O)c1ccc2ccc3cccc4ccc1c2c34. The monoisotopic (exact) mass is 734 g/mol. The van der Waals surface area contributed by atoms with Crippen molar-refractivity contribution in [1.29, 1.82) is 0 Å².